The first-order valence-corrected chi connectivity index (χ1v) is 8.62. The molecule has 2 N–H and O–H groups in total. The van der Waals surface area contributed by atoms with E-state index in [1.54, 1.807) is 18.3 Å². The molecule has 1 atom stereocenters. The molecule has 3 amide bonds. The van der Waals surface area contributed by atoms with Crippen LogP contribution in [-0.4, -0.2) is 27.9 Å². The number of nitrogens with zero attached hydrogens (tertiary/aromatic N) is 1. The number of carbonyl (C=O) groups excluding carboxylic acids is 2. The maximum absolute atomic E-state index is 13.6. The summed E-state index contributed by atoms with van der Waals surface area (Å²) in [5.41, 5.74) is 1.70. The molecule has 1 fully saturated rings. The summed E-state index contributed by atoms with van der Waals surface area (Å²) >= 11 is 5.95. The van der Waals surface area contributed by atoms with Crippen molar-refractivity contribution in [1.29, 1.82) is 0 Å². The van der Waals surface area contributed by atoms with Gasteiger partial charge in [0.15, 0.2) is 0 Å². The average Bonchev–Trinajstić information content (AvgIpc) is 3.15. The van der Waals surface area contributed by atoms with Crippen molar-refractivity contribution in [2.24, 2.45) is 0 Å². The highest BCUT2D eigenvalue weighted by atomic mass is 35.5. The first kappa shape index (κ1) is 17.5. The Balaban J connectivity index is 1.55. The van der Waals surface area contributed by atoms with Crippen LogP contribution >= 0.6 is 11.6 Å². The lowest BCUT2D eigenvalue weighted by atomic mass is 10.0. The fourth-order valence-electron chi connectivity index (χ4n) is 3.27. The van der Waals surface area contributed by atoms with Crippen LogP contribution in [0.25, 0.3) is 10.9 Å². The van der Waals surface area contributed by atoms with Crippen molar-refractivity contribution in [3.05, 3.63) is 70.4 Å². The maximum atomic E-state index is 13.6. The largest absolute Gasteiger partial charge is 0.360 e. The van der Waals surface area contributed by atoms with E-state index in [-0.39, 0.29) is 18.0 Å². The van der Waals surface area contributed by atoms with Gasteiger partial charge < -0.3 is 10.3 Å². The molecule has 2 aromatic carbocycles. The molecule has 0 saturated carbocycles. The summed E-state index contributed by atoms with van der Waals surface area (Å²) < 4.78 is 26.9. The third-order valence-electron chi connectivity index (χ3n) is 4.59. The lowest BCUT2D eigenvalue weighted by Crippen LogP contribution is -2.32. The Labute approximate surface area is 157 Å². The molecule has 1 aromatic heterocycles. The van der Waals surface area contributed by atoms with Gasteiger partial charge in [-0.3, -0.25) is 9.69 Å². The number of H-pyrrole nitrogens is 1. The van der Waals surface area contributed by atoms with Crippen molar-refractivity contribution < 1.29 is 18.4 Å². The van der Waals surface area contributed by atoms with Gasteiger partial charge in [0.05, 0.1) is 12.1 Å². The van der Waals surface area contributed by atoms with Gasteiger partial charge in [0.1, 0.15) is 22.7 Å². The van der Waals surface area contributed by atoms with E-state index in [2.05, 4.69) is 10.3 Å². The van der Waals surface area contributed by atoms with E-state index in [4.69, 9.17) is 11.6 Å². The lowest BCUT2D eigenvalue weighted by molar-refractivity contribution is -0.127. The third kappa shape index (κ3) is 3.14. The Hall–Kier alpha value is -2.93. The summed E-state index contributed by atoms with van der Waals surface area (Å²) in [5.74, 6) is -1.37. The predicted molar refractivity (Wildman–Crippen MR) is 96.2 cm³/mol. The van der Waals surface area contributed by atoms with Crippen LogP contribution in [-0.2, 0) is 17.8 Å². The molecule has 4 rings (SSSR count). The highest BCUT2D eigenvalue weighted by Crippen LogP contribution is 2.29. The lowest BCUT2D eigenvalue weighted by Gasteiger charge is -2.13. The number of rotatable bonds is 4. The van der Waals surface area contributed by atoms with Gasteiger partial charge in [0.2, 0.25) is 0 Å². The fourth-order valence-corrected chi connectivity index (χ4v) is 3.49. The van der Waals surface area contributed by atoms with E-state index in [9.17, 15) is 18.4 Å². The molecule has 0 unspecified atom stereocenters. The van der Waals surface area contributed by atoms with E-state index < -0.39 is 29.6 Å². The zero-order chi connectivity index (χ0) is 19.1. The van der Waals surface area contributed by atoms with Crippen LogP contribution < -0.4 is 5.32 Å². The SMILES string of the molecule is O=C1N[C@H](Cc2c[nH]c3c(Cl)c(F)ccc23)C(=O)N1Cc1cccc(F)c1. The van der Waals surface area contributed by atoms with Gasteiger partial charge in [0.25, 0.3) is 5.91 Å². The predicted octanol–water partition coefficient (Wildman–Crippen LogP) is 3.76. The van der Waals surface area contributed by atoms with Crippen LogP contribution in [0.5, 0.6) is 0 Å². The number of imide groups is 1. The molecule has 0 radical (unpaired) electrons. The summed E-state index contributed by atoms with van der Waals surface area (Å²) in [4.78, 5) is 28.8. The van der Waals surface area contributed by atoms with Gasteiger partial charge in [-0.25, -0.2) is 13.6 Å². The third-order valence-corrected chi connectivity index (χ3v) is 4.96. The molecule has 0 spiro atoms. The number of fused-ring (bicyclic) bond motifs is 1. The van der Waals surface area contributed by atoms with Crippen LogP contribution in [0, 0.1) is 11.6 Å². The minimum absolute atomic E-state index is 0.0101. The second-order valence-corrected chi connectivity index (χ2v) is 6.74. The molecule has 1 saturated heterocycles. The maximum Gasteiger partial charge on any atom is 0.325 e. The van der Waals surface area contributed by atoms with Crippen molar-refractivity contribution >= 4 is 34.4 Å². The van der Waals surface area contributed by atoms with E-state index in [1.807, 2.05) is 0 Å². The first-order valence-electron chi connectivity index (χ1n) is 8.24. The van der Waals surface area contributed by atoms with Crippen molar-refractivity contribution in [1.82, 2.24) is 15.2 Å². The number of urea groups is 1. The number of amides is 3. The number of hydrogen-bond acceptors (Lipinski definition) is 2. The minimum Gasteiger partial charge on any atom is -0.360 e. The standard InChI is InChI=1S/C19H14ClF2N3O2/c20-16-14(22)5-4-13-11(8-23-17(13)16)7-15-18(26)25(19(27)24-15)9-10-2-1-3-12(21)6-10/h1-6,8,15,23H,7,9H2,(H,24,27)/t15-/m1/s1. The summed E-state index contributed by atoms with van der Waals surface area (Å²) in [6.07, 6.45) is 1.87. The van der Waals surface area contributed by atoms with Crippen molar-refractivity contribution in [3.63, 3.8) is 0 Å². The fraction of sp³-hybridized carbons (Fsp3) is 0.158. The second kappa shape index (κ2) is 6.66. The number of halogens is 3. The number of hydrogen-bond donors (Lipinski definition) is 2. The monoisotopic (exact) mass is 389 g/mol. The quantitative estimate of drug-likeness (QED) is 0.667. The zero-order valence-corrected chi connectivity index (χ0v) is 14.7. The van der Waals surface area contributed by atoms with E-state index >= 15 is 0 Å². The Morgan fingerprint density at radius 1 is 1.15 bits per heavy atom. The van der Waals surface area contributed by atoms with Crippen LogP contribution in [0.3, 0.4) is 0 Å². The molecule has 0 aliphatic carbocycles. The number of carbonyl (C=O) groups is 2. The molecule has 5 nitrogen and oxygen atoms in total. The van der Waals surface area contributed by atoms with Gasteiger partial charge in [-0.05, 0) is 35.4 Å². The van der Waals surface area contributed by atoms with Gasteiger partial charge in [-0.2, -0.15) is 0 Å². The van der Waals surface area contributed by atoms with Crippen molar-refractivity contribution in [2.75, 3.05) is 0 Å². The Morgan fingerprint density at radius 3 is 2.74 bits per heavy atom. The van der Waals surface area contributed by atoms with E-state index in [1.165, 1.54) is 24.3 Å². The normalized spacial score (nSPS) is 17.0. The molecule has 2 heterocycles. The zero-order valence-electron chi connectivity index (χ0n) is 13.9. The topological polar surface area (TPSA) is 65.2 Å². The van der Waals surface area contributed by atoms with E-state index in [0.717, 1.165) is 10.5 Å². The molecule has 1 aliphatic rings. The van der Waals surface area contributed by atoms with Gasteiger partial charge in [0, 0.05) is 18.0 Å². The summed E-state index contributed by atoms with van der Waals surface area (Å²) in [5, 5.41) is 3.31. The summed E-state index contributed by atoms with van der Waals surface area (Å²) in [6.45, 7) is -0.0101. The molecule has 8 heteroatoms. The Bertz CT molecular complexity index is 1070. The smallest absolute Gasteiger partial charge is 0.325 e. The van der Waals surface area contributed by atoms with Crippen LogP contribution in [0.1, 0.15) is 11.1 Å². The number of aromatic amines is 1. The Morgan fingerprint density at radius 2 is 1.96 bits per heavy atom. The minimum atomic E-state index is -0.756. The highest BCUT2D eigenvalue weighted by Gasteiger charge is 2.38. The van der Waals surface area contributed by atoms with Crippen LogP contribution in [0.2, 0.25) is 5.02 Å². The van der Waals surface area contributed by atoms with Gasteiger partial charge in [-0.15, -0.1) is 0 Å². The molecular weight excluding hydrogens is 376 g/mol. The highest BCUT2D eigenvalue weighted by molar-refractivity contribution is 6.35. The molecule has 27 heavy (non-hydrogen) atoms. The van der Waals surface area contributed by atoms with Gasteiger partial charge >= 0.3 is 6.03 Å². The van der Waals surface area contributed by atoms with E-state index in [0.29, 0.717) is 16.5 Å². The molecule has 1 aliphatic heterocycles. The first-order chi connectivity index (χ1) is 12.9. The number of benzene rings is 2. The van der Waals surface area contributed by atoms with Crippen molar-refractivity contribution in [2.45, 2.75) is 19.0 Å². The van der Waals surface area contributed by atoms with Crippen LogP contribution in [0.4, 0.5) is 13.6 Å². The second-order valence-electron chi connectivity index (χ2n) is 6.36. The molecular formula is C19H14ClF2N3O2. The molecule has 0 bridgehead atoms. The summed E-state index contributed by atoms with van der Waals surface area (Å²) in [7, 11) is 0. The number of nitrogens with one attached hydrogen (secondary N) is 2. The molecule has 3 aromatic rings. The van der Waals surface area contributed by atoms with Crippen LogP contribution in [0.15, 0.2) is 42.6 Å². The van der Waals surface area contributed by atoms with Gasteiger partial charge in [-0.1, -0.05) is 23.7 Å². The summed E-state index contributed by atoms with van der Waals surface area (Å²) in [6, 6.07) is 7.30. The average molecular weight is 390 g/mol. The van der Waals surface area contributed by atoms with Crippen molar-refractivity contribution in [3.8, 4) is 0 Å². The Kier molecular flexibility index (Phi) is 4.31. The number of aromatic nitrogens is 1. The molecule has 138 valence electrons.